The third-order valence-corrected chi connectivity index (χ3v) is 5.30. The number of nitrogens with one attached hydrogen (secondary N) is 1. The molecule has 1 saturated heterocycles. The van der Waals surface area contributed by atoms with E-state index in [1.165, 1.54) is 4.90 Å². The number of aryl methyl sites for hydroxylation is 1. The van der Waals surface area contributed by atoms with Gasteiger partial charge in [-0.05, 0) is 49.4 Å². The summed E-state index contributed by atoms with van der Waals surface area (Å²) in [5.41, 5.74) is 4.35. The first-order chi connectivity index (χ1) is 15.1. The molecule has 154 valence electrons. The summed E-state index contributed by atoms with van der Waals surface area (Å²) in [5, 5.41) is 2.92. The summed E-state index contributed by atoms with van der Waals surface area (Å²) in [5.74, 6) is 0.575. The molecule has 4 aromatic rings. The van der Waals surface area contributed by atoms with E-state index in [-0.39, 0.29) is 5.91 Å². The van der Waals surface area contributed by atoms with Gasteiger partial charge in [-0.1, -0.05) is 30.3 Å². The van der Waals surface area contributed by atoms with Crippen molar-refractivity contribution in [1.29, 1.82) is 0 Å². The SMILES string of the molecule is Cc1nc2cc(C(=O)Nc3ccccc3N3CCOC3=O)ccc2n1-c1ccccc1. The van der Waals surface area contributed by atoms with E-state index in [1.54, 1.807) is 24.3 Å². The monoisotopic (exact) mass is 412 g/mol. The number of aromatic nitrogens is 2. The maximum absolute atomic E-state index is 13.0. The van der Waals surface area contributed by atoms with Gasteiger partial charge in [0.1, 0.15) is 12.4 Å². The number of carbonyl (C=O) groups excluding carboxylic acids is 2. The first-order valence-electron chi connectivity index (χ1n) is 10.0. The predicted molar refractivity (Wildman–Crippen MR) is 119 cm³/mol. The number of hydrogen-bond acceptors (Lipinski definition) is 4. The largest absolute Gasteiger partial charge is 0.447 e. The molecular weight excluding hydrogens is 392 g/mol. The van der Waals surface area contributed by atoms with Crippen LogP contribution in [0.25, 0.3) is 16.7 Å². The van der Waals surface area contributed by atoms with E-state index in [9.17, 15) is 9.59 Å². The van der Waals surface area contributed by atoms with Gasteiger partial charge >= 0.3 is 6.09 Å². The van der Waals surface area contributed by atoms with E-state index >= 15 is 0 Å². The summed E-state index contributed by atoms with van der Waals surface area (Å²) in [6.45, 7) is 2.73. The molecule has 7 nitrogen and oxygen atoms in total. The van der Waals surface area contributed by atoms with Crippen LogP contribution in [0.3, 0.4) is 0 Å². The van der Waals surface area contributed by atoms with Crippen LogP contribution in [0.15, 0.2) is 72.8 Å². The van der Waals surface area contributed by atoms with Crippen molar-refractivity contribution in [3.63, 3.8) is 0 Å². The number of anilines is 2. The second kappa shape index (κ2) is 7.60. The minimum atomic E-state index is -0.412. The van der Waals surface area contributed by atoms with Crippen LogP contribution < -0.4 is 10.2 Å². The second-order valence-corrected chi connectivity index (χ2v) is 7.27. The van der Waals surface area contributed by atoms with Crippen LogP contribution in [0.2, 0.25) is 0 Å². The van der Waals surface area contributed by atoms with E-state index in [4.69, 9.17) is 4.74 Å². The highest BCUT2D eigenvalue weighted by Crippen LogP contribution is 2.29. The third kappa shape index (κ3) is 3.40. The average molecular weight is 412 g/mol. The molecule has 1 aromatic heterocycles. The molecule has 5 rings (SSSR count). The number of benzene rings is 3. The number of ether oxygens (including phenoxy) is 1. The molecular formula is C24H20N4O3. The van der Waals surface area contributed by atoms with Crippen molar-refractivity contribution >= 4 is 34.4 Å². The quantitative estimate of drug-likeness (QED) is 0.534. The number of rotatable bonds is 4. The molecule has 2 amide bonds. The van der Waals surface area contributed by atoms with Crippen LogP contribution >= 0.6 is 0 Å². The molecule has 0 aliphatic carbocycles. The van der Waals surface area contributed by atoms with Gasteiger partial charge in [-0.15, -0.1) is 0 Å². The predicted octanol–water partition coefficient (Wildman–Crippen LogP) is 4.54. The maximum atomic E-state index is 13.0. The van der Waals surface area contributed by atoms with E-state index in [1.807, 2.05) is 55.5 Å². The highest BCUT2D eigenvalue weighted by atomic mass is 16.6. The number of imidazole rings is 1. The number of cyclic esters (lactones) is 1. The molecule has 0 unspecified atom stereocenters. The average Bonchev–Trinajstić information content (AvgIpc) is 3.36. The maximum Gasteiger partial charge on any atom is 0.414 e. The molecule has 0 atom stereocenters. The molecule has 31 heavy (non-hydrogen) atoms. The Hall–Kier alpha value is -4.13. The Morgan fingerprint density at radius 2 is 1.81 bits per heavy atom. The number of hydrogen-bond donors (Lipinski definition) is 1. The lowest BCUT2D eigenvalue weighted by molar-refractivity contribution is 0.102. The van der Waals surface area contributed by atoms with Gasteiger partial charge in [-0.2, -0.15) is 0 Å². The summed E-state index contributed by atoms with van der Waals surface area (Å²) in [4.78, 5) is 31.1. The van der Waals surface area contributed by atoms with Crippen LogP contribution in [0, 0.1) is 6.92 Å². The Labute approximate surface area is 178 Å². The minimum absolute atomic E-state index is 0.270. The first kappa shape index (κ1) is 18.9. The van der Waals surface area contributed by atoms with Gasteiger partial charge in [0.25, 0.3) is 5.91 Å². The van der Waals surface area contributed by atoms with Crippen LogP contribution in [-0.4, -0.2) is 34.7 Å². The Kier molecular flexibility index (Phi) is 4.63. The number of carbonyl (C=O) groups is 2. The van der Waals surface area contributed by atoms with Crippen LogP contribution in [0.1, 0.15) is 16.2 Å². The van der Waals surface area contributed by atoms with Gasteiger partial charge in [0.2, 0.25) is 0 Å². The van der Waals surface area contributed by atoms with Crippen molar-refractivity contribution in [1.82, 2.24) is 9.55 Å². The number of para-hydroxylation sites is 3. The molecule has 1 aliphatic heterocycles. The van der Waals surface area contributed by atoms with Crippen molar-refractivity contribution in [3.05, 3.63) is 84.2 Å². The van der Waals surface area contributed by atoms with Gasteiger partial charge in [0.05, 0.1) is 29.0 Å². The normalized spacial score (nSPS) is 13.5. The van der Waals surface area contributed by atoms with Crippen molar-refractivity contribution in [2.24, 2.45) is 0 Å². The molecule has 1 fully saturated rings. The number of amides is 2. The van der Waals surface area contributed by atoms with E-state index in [0.29, 0.717) is 30.1 Å². The minimum Gasteiger partial charge on any atom is -0.447 e. The molecule has 3 aromatic carbocycles. The van der Waals surface area contributed by atoms with Gasteiger partial charge in [-0.25, -0.2) is 9.78 Å². The van der Waals surface area contributed by atoms with Crippen LogP contribution in [0.5, 0.6) is 0 Å². The number of nitrogens with zero attached hydrogens (tertiary/aromatic N) is 3. The molecule has 0 spiro atoms. The van der Waals surface area contributed by atoms with Crippen molar-refractivity contribution in [2.75, 3.05) is 23.4 Å². The van der Waals surface area contributed by atoms with Gasteiger partial charge in [0, 0.05) is 11.3 Å². The zero-order valence-electron chi connectivity index (χ0n) is 16.9. The van der Waals surface area contributed by atoms with Gasteiger partial charge in [-0.3, -0.25) is 14.3 Å². The molecule has 2 heterocycles. The van der Waals surface area contributed by atoms with Crippen LogP contribution in [0.4, 0.5) is 16.2 Å². The Bertz CT molecular complexity index is 1300. The summed E-state index contributed by atoms with van der Waals surface area (Å²) in [7, 11) is 0. The lowest BCUT2D eigenvalue weighted by Crippen LogP contribution is -2.25. The molecule has 0 radical (unpaired) electrons. The van der Waals surface area contributed by atoms with Crippen LogP contribution in [-0.2, 0) is 4.74 Å². The second-order valence-electron chi connectivity index (χ2n) is 7.27. The fourth-order valence-electron chi connectivity index (χ4n) is 3.87. The highest BCUT2D eigenvalue weighted by molar-refractivity contribution is 6.08. The van der Waals surface area contributed by atoms with Crippen molar-refractivity contribution in [2.45, 2.75) is 6.92 Å². The lowest BCUT2D eigenvalue weighted by Gasteiger charge is -2.17. The van der Waals surface area contributed by atoms with Gasteiger partial charge in [0.15, 0.2) is 0 Å². The third-order valence-electron chi connectivity index (χ3n) is 5.30. The summed E-state index contributed by atoms with van der Waals surface area (Å²) < 4.78 is 7.09. The van der Waals surface area contributed by atoms with Gasteiger partial charge < -0.3 is 10.1 Å². The molecule has 1 aliphatic rings. The Morgan fingerprint density at radius 1 is 1.03 bits per heavy atom. The standard InChI is InChI=1S/C24H20N4O3/c1-16-25-20-15-17(11-12-22(20)28(16)18-7-3-2-4-8-18)23(29)26-19-9-5-6-10-21(19)27-13-14-31-24(27)30/h2-12,15H,13-14H2,1H3,(H,26,29). The van der Waals surface area contributed by atoms with Crippen molar-refractivity contribution < 1.29 is 14.3 Å². The summed E-state index contributed by atoms with van der Waals surface area (Å²) in [6, 6.07) is 22.6. The van der Waals surface area contributed by atoms with E-state index in [0.717, 1.165) is 22.5 Å². The first-order valence-corrected chi connectivity index (χ1v) is 10.0. The Balaban J connectivity index is 1.46. The summed E-state index contributed by atoms with van der Waals surface area (Å²) in [6.07, 6.45) is -0.412. The zero-order valence-corrected chi connectivity index (χ0v) is 16.9. The number of fused-ring (bicyclic) bond motifs is 1. The highest BCUT2D eigenvalue weighted by Gasteiger charge is 2.26. The van der Waals surface area contributed by atoms with E-state index in [2.05, 4.69) is 14.9 Å². The zero-order chi connectivity index (χ0) is 21.4. The molecule has 7 heteroatoms. The Morgan fingerprint density at radius 3 is 2.58 bits per heavy atom. The topological polar surface area (TPSA) is 76.5 Å². The molecule has 1 N–H and O–H groups in total. The smallest absolute Gasteiger partial charge is 0.414 e. The fourth-order valence-corrected chi connectivity index (χ4v) is 3.87. The molecule has 0 saturated carbocycles. The lowest BCUT2D eigenvalue weighted by atomic mass is 10.1. The summed E-state index contributed by atoms with van der Waals surface area (Å²) >= 11 is 0. The molecule has 0 bridgehead atoms. The fraction of sp³-hybridized carbons (Fsp3) is 0.125. The van der Waals surface area contributed by atoms with Crippen molar-refractivity contribution in [3.8, 4) is 5.69 Å². The van der Waals surface area contributed by atoms with E-state index < -0.39 is 6.09 Å².